The van der Waals surface area contributed by atoms with Crippen LogP contribution in [-0.2, 0) is 13.1 Å². The summed E-state index contributed by atoms with van der Waals surface area (Å²) < 4.78 is 46.3. The molecule has 0 fully saturated rings. The van der Waals surface area contributed by atoms with Gasteiger partial charge in [0, 0.05) is 36.5 Å². The number of hydrogen-bond acceptors (Lipinski definition) is 6. The van der Waals surface area contributed by atoms with E-state index in [0.29, 0.717) is 48.6 Å². The standard InChI is InChI=1S/C20H24F2N4O4/c1-3-23-20(25-10-13-6-5-7-24-18(13)27-4-2)26-11-14-8-16-17(29-12-28-16)9-15(14)30-19(21)22/h5-9,19H,3-4,10-12H2,1-2H3,(H2,23,25,26). The van der Waals surface area contributed by atoms with Gasteiger partial charge in [0.05, 0.1) is 13.2 Å². The molecule has 30 heavy (non-hydrogen) atoms. The van der Waals surface area contributed by atoms with E-state index in [1.807, 2.05) is 26.0 Å². The molecule has 1 aliphatic heterocycles. The second kappa shape index (κ2) is 10.5. The minimum Gasteiger partial charge on any atom is -0.478 e. The van der Waals surface area contributed by atoms with Crippen LogP contribution in [0.15, 0.2) is 35.5 Å². The van der Waals surface area contributed by atoms with E-state index in [1.54, 1.807) is 12.3 Å². The fourth-order valence-corrected chi connectivity index (χ4v) is 2.80. The number of nitrogens with one attached hydrogen (secondary N) is 2. The molecule has 162 valence electrons. The van der Waals surface area contributed by atoms with Crippen LogP contribution in [-0.4, -0.2) is 37.5 Å². The van der Waals surface area contributed by atoms with E-state index >= 15 is 0 Å². The number of rotatable bonds is 9. The molecule has 2 heterocycles. The Balaban J connectivity index is 1.75. The molecule has 0 saturated heterocycles. The molecule has 1 aromatic heterocycles. The maximum absolute atomic E-state index is 12.8. The SMILES string of the molecule is CCNC(=NCc1cc2c(cc1OC(F)F)OCO2)NCc1cccnc1OCC. The first-order valence-corrected chi connectivity index (χ1v) is 9.56. The van der Waals surface area contributed by atoms with Crippen molar-refractivity contribution < 1.29 is 27.7 Å². The van der Waals surface area contributed by atoms with Gasteiger partial charge < -0.3 is 29.6 Å². The zero-order chi connectivity index (χ0) is 21.3. The van der Waals surface area contributed by atoms with Gasteiger partial charge in [-0.05, 0) is 26.0 Å². The lowest BCUT2D eigenvalue weighted by atomic mass is 10.1. The molecule has 0 amide bonds. The number of guanidine groups is 1. The van der Waals surface area contributed by atoms with Crippen LogP contribution in [0.1, 0.15) is 25.0 Å². The maximum Gasteiger partial charge on any atom is 0.387 e. The van der Waals surface area contributed by atoms with Gasteiger partial charge in [-0.1, -0.05) is 6.07 Å². The van der Waals surface area contributed by atoms with Crippen LogP contribution >= 0.6 is 0 Å². The lowest BCUT2D eigenvalue weighted by Gasteiger charge is -2.14. The van der Waals surface area contributed by atoms with Gasteiger partial charge in [0.15, 0.2) is 17.5 Å². The van der Waals surface area contributed by atoms with E-state index < -0.39 is 6.61 Å². The Morgan fingerprint density at radius 1 is 1.20 bits per heavy atom. The Morgan fingerprint density at radius 3 is 2.73 bits per heavy atom. The number of aromatic nitrogens is 1. The first kappa shape index (κ1) is 21.4. The van der Waals surface area contributed by atoms with E-state index in [1.165, 1.54) is 6.07 Å². The number of benzene rings is 1. The zero-order valence-corrected chi connectivity index (χ0v) is 16.8. The molecule has 8 nitrogen and oxygen atoms in total. The monoisotopic (exact) mass is 422 g/mol. The Hall–Kier alpha value is -3.30. The van der Waals surface area contributed by atoms with Gasteiger partial charge in [0.1, 0.15) is 5.75 Å². The summed E-state index contributed by atoms with van der Waals surface area (Å²) in [6.07, 6.45) is 1.66. The van der Waals surface area contributed by atoms with E-state index in [0.717, 1.165) is 5.56 Å². The number of ether oxygens (including phenoxy) is 4. The Bertz CT molecular complexity index is 880. The van der Waals surface area contributed by atoms with Crippen molar-refractivity contribution in [3.8, 4) is 23.1 Å². The topological polar surface area (TPSA) is 86.2 Å². The number of pyridine rings is 1. The largest absolute Gasteiger partial charge is 0.478 e. The summed E-state index contributed by atoms with van der Waals surface area (Å²) in [4.78, 5) is 8.70. The van der Waals surface area contributed by atoms with Gasteiger partial charge in [0.25, 0.3) is 0 Å². The average Bonchev–Trinajstić information content (AvgIpc) is 3.18. The van der Waals surface area contributed by atoms with Crippen LogP contribution < -0.4 is 29.6 Å². The number of hydrogen-bond donors (Lipinski definition) is 2. The Morgan fingerprint density at radius 2 is 2.00 bits per heavy atom. The van der Waals surface area contributed by atoms with E-state index in [-0.39, 0.29) is 19.1 Å². The van der Waals surface area contributed by atoms with Crippen molar-refractivity contribution in [2.24, 2.45) is 4.99 Å². The average molecular weight is 422 g/mol. The van der Waals surface area contributed by atoms with E-state index in [4.69, 9.17) is 14.2 Å². The summed E-state index contributed by atoms with van der Waals surface area (Å²) in [5, 5.41) is 6.31. The molecule has 0 aliphatic carbocycles. The summed E-state index contributed by atoms with van der Waals surface area (Å²) >= 11 is 0. The van der Waals surface area contributed by atoms with Gasteiger partial charge in [0.2, 0.25) is 12.7 Å². The molecule has 0 atom stereocenters. The van der Waals surface area contributed by atoms with Crippen LogP contribution in [0.25, 0.3) is 0 Å². The minimum absolute atomic E-state index is 0.000241. The van der Waals surface area contributed by atoms with Crippen LogP contribution in [0.3, 0.4) is 0 Å². The summed E-state index contributed by atoms with van der Waals surface area (Å²) in [6.45, 7) is 2.56. The lowest BCUT2D eigenvalue weighted by molar-refractivity contribution is -0.0505. The summed E-state index contributed by atoms with van der Waals surface area (Å²) in [7, 11) is 0. The van der Waals surface area contributed by atoms with E-state index in [9.17, 15) is 8.78 Å². The van der Waals surface area contributed by atoms with E-state index in [2.05, 4.69) is 25.3 Å². The third-order valence-electron chi connectivity index (χ3n) is 4.10. The van der Waals surface area contributed by atoms with Crippen LogP contribution in [0.5, 0.6) is 23.1 Å². The highest BCUT2D eigenvalue weighted by molar-refractivity contribution is 5.79. The molecule has 0 unspecified atom stereocenters. The van der Waals surface area contributed by atoms with Crippen molar-refractivity contribution in [2.75, 3.05) is 19.9 Å². The number of halogens is 2. The van der Waals surface area contributed by atoms with Crippen molar-refractivity contribution in [1.82, 2.24) is 15.6 Å². The molecular formula is C20H24F2N4O4. The quantitative estimate of drug-likeness (QED) is 0.474. The van der Waals surface area contributed by atoms with Crippen LogP contribution in [0.4, 0.5) is 8.78 Å². The third-order valence-corrected chi connectivity index (χ3v) is 4.10. The number of nitrogens with zero attached hydrogens (tertiary/aromatic N) is 2. The van der Waals surface area contributed by atoms with Crippen molar-refractivity contribution in [2.45, 2.75) is 33.5 Å². The van der Waals surface area contributed by atoms with Crippen molar-refractivity contribution in [3.05, 3.63) is 41.6 Å². The number of fused-ring (bicyclic) bond motifs is 1. The molecule has 2 N–H and O–H groups in total. The van der Waals surface area contributed by atoms with Crippen molar-refractivity contribution >= 4 is 5.96 Å². The van der Waals surface area contributed by atoms with Crippen molar-refractivity contribution in [1.29, 1.82) is 0 Å². The molecule has 1 aliphatic rings. The first-order valence-electron chi connectivity index (χ1n) is 9.56. The smallest absolute Gasteiger partial charge is 0.387 e. The lowest BCUT2D eigenvalue weighted by Crippen LogP contribution is -2.36. The molecule has 3 rings (SSSR count). The highest BCUT2D eigenvalue weighted by atomic mass is 19.3. The fraction of sp³-hybridized carbons (Fsp3) is 0.400. The number of aliphatic imine (C=N–C) groups is 1. The Kier molecular flexibility index (Phi) is 7.47. The minimum atomic E-state index is -2.96. The molecular weight excluding hydrogens is 398 g/mol. The summed E-state index contributed by atoms with van der Waals surface area (Å²) in [6, 6.07) is 6.72. The van der Waals surface area contributed by atoms with Gasteiger partial charge in [-0.2, -0.15) is 8.78 Å². The van der Waals surface area contributed by atoms with Gasteiger partial charge >= 0.3 is 6.61 Å². The molecule has 2 aromatic rings. The van der Waals surface area contributed by atoms with Gasteiger partial charge in [-0.15, -0.1) is 0 Å². The molecule has 0 spiro atoms. The molecule has 0 radical (unpaired) electrons. The molecule has 0 bridgehead atoms. The first-order chi connectivity index (χ1) is 14.6. The van der Waals surface area contributed by atoms with Crippen LogP contribution in [0, 0.1) is 0 Å². The highest BCUT2D eigenvalue weighted by Gasteiger charge is 2.20. The van der Waals surface area contributed by atoms with Crippen molar-refractivity contribution in [3.63, 3.8) is 0 Å². The second-order valence-electron chi connectivity index (χ2n) is 6.14. The predicted octanol–water partition coefficient (Wildman–Crippen LogP) is 3.07. The maximum atomic E-state index is 12.8. The number of alkyl halides is 2. The third kappa shape index (κ3) is 5.62. The van der Waals surface area contributed by atoms with Gasteiger partial charge in [-0.3, -0.25) is 0 Å². The fourth-order valence-electron chi connectivity index (χ4n) is 2.80. The highest BCUT2D eigenvalue weighted by Crippen LogP contribution is 2.39. The molecule has 10 heteroatoms. The predicted molar refractivity (Wildman–Crippen MR) is 106 cm³/mol. The normalized spacial score (nSPS) is 12.8. The molecule has 1 aromatic carbocycles. The van der Waals surface area contributed by atoms with Crippen LogP contribution in [0.2, 0.25) is 0 Å². The van der Waals surface area contributed by atoms with Gasteiger partial charge in [-0.25, -0.2) is 9.98 Å². The second-order valence-corrected chi connectivity index (χ2v) is 6.14. The Labute approximate surface area is 173 Å². The molecule has 0 saturated carbocycles. The summed E-state index contributed by atoms with van der Waals surface area (Å²) in [5.41, 5.74) is 1.32. The zero-order valence-electron chi connectivity index (χ0n) is 16.8. The summed E-state index contributed by atoms with van der Waals surface area (Å²) in [5.74, 6) is 1.89.